The fraction of sp³-hybridized carbons (Fsp3) is 0.375. The van der Waals surface area contributed by atoms with Crippen molar-refractivity contribution < 1.29 is 4.79 Å². The van der Waals surface area contributed by atoms with Crippen LogP contribution >= 0.6 is 0 Å². The lowest BCUT2D eigenvalue weighted by atomic mass is 9.74. The quantitative estimate of drug-likeness (QED) is 0.860. The second kappa shape index (κ2) is 6.78. The molecular weight excluding hydrogens is 346 g/mol. The molecule has 0 saturated heterocycles. The minimum absolute atomic E-state index is 0.0102. The van der Waals surface area contributed by atoms with Gasteiger partial charge in [0.25, 0.3) is 0 Å². The molecule has 1 aliphatic carbocycles. The normalized spacial score (nSPS) is 26.5. The van der Waals surface area contributed by atoms with Crippen LogP contribution in [0.3, 0.4) is 0 Å². The van der Waals surface area contributed by atoms with Crippen molar-refractivity contribution in [2.45, 2.75) is 31.3 Å². The maximum Gasteiger partial charge on any atom is 0.228 e. The first-order valence-corrected chi connectivity index (χ1v) is 10.3. The number of carbonyl (C=O) groups is 1. The van der Waals surface area contributed by atoms with Crippen LogP contribution in [-0.2, 0) is 4.79 Å². The minimum Gasteiger partial charge on any atom is -0.384 e. The van der Waals surface area contributed by atoms with Crippen LogP contribution in [0.2, 0.25) is 0 Å². The molecule has 2 aromatic carbocycles. The summed E-state index contributed by atoms with van der Waals surface area (Å²) in [5.74, 6) is 0.574. The van der Waals surface area contributed by atoms with Crippen molar-refractivity contribution in [1.82, 2.24) is 10.2 Å². The lowest BCUT2D eigenvalue weighted by Crippen LogP contribution is -2.47. The number of fused-ring (bicyclic) bond motifs is 2. The van der Waals surface area contributed by atoms with Crippen LogP contribution in [0.15, 0.2) is 54.6 Å². The number of hydrogen-bond donors (Lipinski definition) is 2. The van der Waals surface area contributed by atoms with E-state index in [1.54, 1.807) is 0 Å². The largest absolute Gasteiger partial charge is 0.384 e. The Balaban J connectivity index is 1.43. The number of nitrogens with one attached hydrogen (secondary N) is 2. The van der Waals surface area contributed by atoms with E-state index in [1.807, 2.05) is 18.2 Å². The Kier molecular flexibility index (Phi) is 4.24. The lowest BCUT2D eigenvalue weighted by Gasteiger charge is -2.42. The van der Waals surface area contributed by atoms with Crippen LogP contribution in [0.1, 0.15) is 42.0 Å². The highest BCUT2D eigenvalue weighted by atomic mass is 16.2. The van der Waals surface area contributed by atoms with E-state index in [0.717, 1.165) is 25.1 Å². The molecule has 2 aromatic rings. The van der Waals surface area contributed by atoms with Crippen molar-refractivity contribution in [3.8, 4) is 0 Å². The number of nitrogens with zero attached hydrogens (tertiary/aromatic N) is 1. The standard InChI is InChI=1S/C24H27N3O/c1-15(16-7-4-3-5-8-16)26-24(28)18-11-20-19-9-6-10-21-23(19)17(13-25-21)12-22(20)27(2)14-18/h3-11,15,17-18,22,25H,12-14H2,1-2H3,(H,26,28)/t15-,17-,18-,22-/m1/s1. The van der Waals surface area contributed by atoms with Gasteiger partial charge >= 0.3 is 0 Å². The van der Waals surface area contributed by atoms with Crippen molar-refractivity contribution in [3.05, 3.63) is 71.3 Å². The van der Waals surface area contributed by atoms with E-state index in [1.165, 1.54) is 22.4 Å². The van der Waals surface area contributed by atoms with E-state index >= 15 is 0 Å². The molecule has 2 aliphatic heterocycles. The molecule has 4 nitrogen and oxygen atoms in total. The predicted octanol–water partition coefficient (Wildman–Crippen LogP) is 3.79. The van der Waals surface area contributed by atoms with E-state index in [4.69, 9.17) is 0 Å². The molecule has 0 fully saturated rings. The number of anilines is 1. The highest BCUT2D eigenvalue weighted by Crippen LogP contribution is 2.48. The molecule has 0 spiro atoms. The molecule has 28 heavy (non-hydrogen) atoms. The van der Waals surface area contributed by atoms with Gasteiger partial charge in [-0.3, -0.25) is 9.69 Å². The molecule has 3 aliphatic rings. The van der Waals surface area contributed by atoms with Gasteiger partial charge in [0.2, 0.25) is 5.91 Å². The zero-order valence-corrected chi connectivity index (χ0v) is 16.5. The van der Waals surface area contributed by atoms with Crippen LogP contribution in [0.5, 0.6) is 0 Å². The average Bonchev–Trinajstić information content (AvgIpc) is 3.13. The summed E-state index contributed by atoms with van der Waals surface area (Å²) in [7, 11) is 2.16. The molecule has 5 rings (SSSR count). The van der Waals surface area contributed by atoms with Crippen molar-refractivity contribution >= 4 is 17.2 Å². The Hall–Kier alpha value is -2.59. The van der Waals surface area contributed by atoms with Crippen molar-refractivity contribution in [2.24, 2.45) is 5.92 Å². The van der Waals surface area contributed by atoms with Crippen LogP contribution < -0.4 is 10.6 Å². The highest BCUT2D eigenvalue weighted by Gasteiger charge is 2.40. The Morgan fingerprint density at radius 2 is 2.00 bits per heavy atom. The lowest BCUT2D eigenvalue weighted by molar-refractivity contribution is -0.125. The molecule has 0 saturated carbocycles. The van der Waals surface area contributed by atoms with Crippen molar-refractivity contribution in [3.63, 3.8) is 0 Å². The first-order valence-electron chi connectivity index (χ1n) is 10.3. The monoisotopic (exact) mass is 373 g/mol. The van der Waals surface area contributed by atoms with E-state index in [2.05, 4.69) is 65.9 Å². The molecular formula is C24H27N3O. The van der Waals surface area contributed by atoms with Gasteiger partial charge in [-0.1, -0.05) is 48.5 Å². The van der Waals surface area contributed by atoms with Crippen LogP contribution in [0.4, 0.5) is 5.69 Å². The SMILES string of the molecule is C[C@@H](NC(=O)[C@@H]1C=C2c3cccc4c3[C@@H](CN4)C[C@H]2N(C)C1)c1ccccc1. The second-order valence-corrected chi connectivity index (χ2v) is 8.41. The predicted molar refractivity (Wildman–Crippen MR) is 113 cm³/mol. The third kappa shape index (κ3) is 2.83. The molecule has 144 valence electrons. The summed E-state index contributed by atoms with van der Waals surface area (Å²) in [5.41, 5.74) is 6.53. The number of likely N-dealkylation sites (N-methyl/N-ethyl adjacent to an activating group) is 1. The fourth-order valence-corrected chi connectivity index (χ4v) is 5.15. The number of amides is 1. The molecule has 2 N–H and O–H groups in total. The summed E-state index contributed by atoms with van der Waals surface area (Å²) in [5, 5.41) is 6.78. The van der Waals surface area contributed by atoms with E-state index < -0.39 is 0 Å². The van der Waals surface area contributed by atoms with Crippen molar-refractivity contribution in [1.29, 1.82) is 0 Å². The van der Waals surface area contributed by atoms with Gasteiger partial charge in [0.15, 0.2) is 0 Å². The molecule has 0 radical (unpaired) electrons. The van der Waals surface area contributed by atoms with Gasteiger partial charge in [-0.25, -0.2) is 0 Å². The van der Waals surface area contributed by atoms with Gasteiger partial charge in [-0.15, -0.1) is 0 Å². The fourth-order valence-electron chi connectivity index (χ4n) is 5.15. The third-order valence-electron chi connectivity index (χ3n) is 6.62. The molecule has 4 heteroatoms. The number of carbonyl (C=O) groups excluding carboxylic acids is 1. The summed E-state index contributed by atoms with van der Waals surface area (Å²) < 4.78 is 0. The summed E-state index contributed by atoms with van der Waals surface area (Å²) in [4.78, 5) is 15.4. The Morgan fingerprint density at radius 1 is 1.18 bits per heavy atom. The van der Waals surface area contributed by atoms with Crippen LogP contribution in [0, 0.1) is 5.92 Å². The number of hydrogen-bond acceptors (Lipinski definition) is 3. The zero-order valence-electron chi connectivity index (χ0n) is 16.5. The highest BCUT2D eigenvalue weighted by molar-refractivity contribution is 5.87. The van der Waals surface area contributed by atoms with Crippen LogP contribution in [0.25, 0.3) is 5.57 Å². The summed E-state index contributed by atoms with van der Waals surface area (Å²) >= 11 is 0. The van der Waals surface area contributed by atoms with E-state index in [-0.39, 0.29) is 17.9 Å². The summed E-state index contributed by atoms with van der Waals surface area (Å²) in [6, 6.07) is 17.1. The number of rotatable bonds is 3. The molecule has 2 heterocycles. The molecule has 0 unspecified atom stereocenters. The van der Waals surface area contributed by atoms with Gasteiger partial charge in [-0.05, 0) is 48.7 Å². The second-order valence-electron chi connectivity index (χ2n) is 8.41. The minimum atomic E-state index is -0.121. The molecule has 4 atom stereocenters. The molecule has 1 amide bonds. The zero-order chi connectivity index (χ0) is 19.3. The third-order valence-corrected chi connectivity index (χ3v) is 6.62. The Morgan fingerprint density at radius 3 is 2.82 bits per heavy atom. The molecule has 0 bridgehead atoms. The van der Waals surface area contributed by atoms with E-state index in [9.17, 15) is 4.79 Å². The smallest absolute Gasteiger partial charge is 0.228 e. The number of benzene rings is 2. The van der Waals surface area contributed by atoms with Gasteiger partial charge in [0.05, 0.1) is 12.0 Å². The van der Waals surface area contributed by atoms with Crippen LogP contribution in [-0.4, -0.2) is 37.0 Å². The van der Waals surface area contributed by atoms with Gasteiger partial charge in [0, 0.05) is 30.7 Å². The topological polar surface area (TPSA) is 44.4 Å². The first kappa shape index (κ1) is 17.5. The maximum atomic E-state index is 13.1. The van der Waals surface area contributed by atoms with Gasteiger partial charge in [-0.2, -0.15) is 0 Å². The summed E-state index contributed by atoms with van der Waals surface area (Å²) in [6.07, 6.45) is 3.37. The average molecular weight is 374 g/mol. The van der Waals surface area contributed by atoms with E-state index in [0.29, 0.717) is 12.0 Å². The summed E-state index contributed by atoms with van der Waals surface area (Å²) in [6.45, 7) is 3.86. The van der Waals surface area contributed by atoms with Gasteiger partial charge in [0.1, 0.15) is 0 Å². The van der Waals surface area contributed by atoms with Crippen molar-refractivity contribution in [2.75, 3.05) is 25.5 Å². The first-order chi connectivity index (χ1) is 13.6. The Labute approximate surface area is 166 Å². The molecule has 0 aromatic heterocycles. The van der Waals surface area contributed by atoms with Gasteiger partial charge < -0.3 is 10.6 Å². The maximum absolute atomic E-state index is 13.1. The Bertz CT molecular complexity index is 936.